The van der Waals surface area contributed by atoms with E-state index in [0.29, 0.717) is 5.56 Å². The molecule has 194 valence electrons. The lowest BCUT2D eigenvalue weighted by molar-refractivity contribution is -0.135. The number of amides is 1. The average molecular weight is 519 g/mol. The normalized spacial score (nSPS) is 27.6. The molecule has 0 bridgehead atoms. The van der Waals surface area contributed by atoms with Crippen LogP contribution in [-0.2, 0) is 9.59 Å². The zero-order valence-corrected chi connectivity index (χ0v) is 19.5. The van der Waals surface area contributed by atoms with Crippen molar-refractivity contribution in [3.8, 4) is 5.75 Å². The minimum absolute atomic E-state index is 0.0123. The van der Waals surface area contributed by atoms with E-state index in [0.717, 1.165) is 0 Å². The van der Waals surface area contributed by atoms with Gasteiger partial charge >= 0.3 is 5.97 Å². The van der Waals surface area contributed by atoms with Gasteiger partial charge in [0.2, 0.25) is 0 Å². The van der Waals surface area contributed by atoms with E-state index >= 15 is 0 Å². The van der Waals surface area contributed by atoms with Crippen molar-refractivity contribution in [1.82, 2.24) is 0 Å². The second-order valence-electron chi connectivity index (χ2n) is 9.37. The molecule has 38 heavy (non-hydrogen) atoms. The first kappa shape index (κ1) is 24.9. The Morgan fingerprint density at radius 1 is 1.00 bits per heavy atom. The van der Waals surface area contributed by atoms with Crippen LogP contribution in [0.25, 0.3) is 11.6 Å². The lowest BCUT2D eigenvalue weighted by atomic mass is 9.58. The molecule has 0 saturated heterocycles. The summed E-state index contributed by atoms with van der Waals surface area (Å²) in [6.07, 6.45) is -0.914. The summed E-state index contributed by atoms with van der Waals surface area (Å²) in [6.45, 7) is 0. The van der Waals surface area contributed by atoms with Gasteiger partial charge in [-0.3, -0.25) is 14.4 Å². The number of phenols is 1. The smallest absolute Gasteiger partial charge is 0.335 e. The van der Waals surface area contributed by atoms with Crippen LogP contribution in [0, 0.1) is 11.8 Å². The number of carboxylic acids is 1. The van der Waals surface area contributed by atoms with Crippen LogP contribution >= 0.6 is 0 Å². The first-order chi connectivity index (χ1) is 17.9. The molecule has 0 saturated carbocycles. The predicted octanol–water partition coefficient (Wildman–Crippen LogP) is 1.25. The molecule has 11 nitrogen and oxygen atoms in total. The van der Waals surface area contributed by atoms with Crippen molar-refractivity contribution in [2.75, 3.05) is 0 Å². The molecule has 2 aromatic rings. The van der Waals surface area contributed by atoms with E-state index in [1.54, 1.807) is 0 Å². The van der Waals surface area contributed by atoms with E-state index in [2.05, 4.69) is 0 Å². The van der Waals surface area contributed by atoms with Gasteiger partial charge < -0.3 is 36.4 Å². The molecule has 0 unspecified atom stereocenters. The quantitative estimate of drug-likeness (QED) is 0.288. The summed E-state index contributed by atoms with van der Waals surface area (Å²) in [7, 11) is 0. The fourth-order valence-electron chi connectivity index (χ4n) is 5.59. The Hall–Kier alpha value is -4.74. The second-order valence-corrected chi connectivity index (χ2v) is 9.37. The van der Waals surface area contributed by atoms with Crippen LogP contribution < -0.4 is 5.73 Å². The molecular weight excluding hydrogens is 498 g/mol. The number of fused-ring (bicyclic) bond motifs is 3. The van der Waals surface area contributed by atoms with Gasteiger partial charge in [0.25, 0.3) is 5.91 Å². The number of aliphatic hydroxyl groups is 4. The maximum atomic E-state index is 13.6. The Labute approximate surface area is 214 Å². The van der Waals surface area contributed by atoms with Gasteiger partial charge in [-0.15, -0.1) is 0 Å². The zero-order valence-electron chi connectivity index (χ0n) is 19.5. The first-order valence-corrected chi connectivity index (χ1v) is 11.4. The van der Waals surface area contributed by atoms with Crippen molar-refractivity contribution in [2.45, 2.75) is 18.1 Å². The van der Waals surface area contributed by atoms with E-state index in [1.807, 2.05) is 0 Å². The molecule has 0 spiro atoms. The molecule has 1 amide bonds. The van der Waals surface area contributed by atoms with Crippen LogP contribution in [0.5, 0.6) is 5.75 Å². The summed E-state index contributed by atoms with van der Waals surface area (Å²) >= 11 is 0. The Kier molecular flexibility index (Phi) is 5.51. The van der Waals surface area contributed by atoms with Gasteiger partial charge in [-0.2, -0.15) is 0 Å². The third-order valence-corrected chi connectivity index (χ3v) is 7.39. The molecule has 0 aliphatic heterocycles. The second kappa shape index (κ2) is 8.40. The maximum absolute atomic E-state index is 13.6. The summed E-state index contributed by atoms with van der Waals surface area (Å²) in [5.41, 5.74) is 1.42. The van der Waals surface area contributed by atoms with E-state index in [1.165, 1.54) is 48.5 Å². The first-order valence-electron chi connectivity index (χ1n) is 11.4. The number of ketones is 2. The summed E-state index contributed by atoms with van der Waals surface area (Å²) in [5, 5.41) is 64.6. The van der Waals surface area contributed by atoms with Gasteiger partial charge in [-0.05, 0) is 34.9 Å². The summed E-state index contributed by atoms with van der Waals surface area (Å²) in [6, 6.07) is 9.81. The van der Waals surface area contributed by atoms with Crippen LogP contribution in [0.3, 0.4) is 0 Å². The van der Waals surface area contributed by atoms with Crippen molar-refractivity contribution in [3.05, 3.63) is 87.4 Å². The number of hydrogen-bond donors (Lipinski definition) is 7. The van der Waals surface area contributed by atoms with Gasteiger partial charge in [0.15, 0.2) is 17.2 Å². The number of carboxylic acid groups (broad SMARTS) is 1. The van der Waals surface area contributed by atoms with E-state index < -0.39 is 81.8 Å². The number of nitrogens with two attached hydrogens (primary N) is 1. The Morgan fingerprint density at radius 3 is 2.26 bits per heavy atom. The number of carbonyl (C=O) groups is 4. The number of hydrogen-bond acceptors (Lipinski definition) is 9. The van der Waals surface area contributed by atoms with Gasteiger partial charge in [0.05, 0.1) is 22.8 Å². The standard InChI is InChI=1S/C27H21NO10/c28-25(35)19-16(30)9-14-21(31)18-13(8-10-4-6-11(7-5-10)26(36)37)12-2-1-3-15(29)17(12)22(32)20(18)24(34)27(14,38)23(19)33/h1-8,14,18,21,29,31,33-34,38H,9H2,(H2,28,35)(H,36,37)/b13-8+/t14-,18-,21-,27-/m1/s1. The number of aromatic carboxylic acids is 1. The number of rotatable bonds is 3. The van der Waals surface area contributed by atoms with Crippen molar-refractivity contribution in [3.63, 3.8) is 0 Å². The molecule has 0 heterocycles. The van der Waals surface area contributed by atoms with Crippen molar-refractivity contribution >= 4 is 35.1 Å². The van der Waals surface area contributed by atoms with E-state index in [4.69, 9.17) is 5.73 Å². The number of phenolic OH excluding ortho intramolecular Hbond substituents is 1. The summed E-state index contributed by atoms with van der Waals surface area (Å²) in [5.74, 6) is -10.2. The highest BCUT2D eigenvalue weighted by atomic mass is 16.4. The molecular formula is C27H21NO10. The molecule has 4 atom stereocenters. The molecule has 3 aliphatic rings. The highest BCUT2D eigenvalue weighted by Gasteiger charge is 2.62. The third-order valence-electron chi connectivity index (χ3n) is 7.39. The largest absolute Gasteiger partial charge is 0.508 e. The molecule has 8 N–H and O–H groups in total. The van der Waals surface area contributed by atoms with Crippen molar-refractivity contribution < 1.29 is 49.8 Å². The van der Waals surface area contributed by atoms with Crippen molar-refractivity contribution in [2.24, 2.45) is 17.6 Å². The highest BCUT2D eigenvalue weighted by molar-refractivity contribution is 6.22. The minimum atomic E-state index is -2.88. The van der Waals surface area contributed by atoms with Crippen LogP contribution in [0.2, 0.25) is 0 Å². The van der Waals surface area contributed by atoms with Crippen LogP contribution in [0.4, 0.5) is 0 Å². The number of Topliss-reactive ketones (excluding diaryl/α,β-unsaturated/α-hetero) is 2. The fraction of sp³-hybridized carbons (Fsp3) is 0.185. The SMILES string of the molecule is NC(=O)C1=C(O)[C@@]2(O)C(O)=C3C(=O)c4c(O)cccc4/C(=C\c4ccc(C(=O)O)cc4)[C@H]3[C@H](O)[C@H]2CC1=O. The summed E-state index contributed by atoms with van der Waals surface area (Å²) < 4.78 is 0. The van der Waals surface area contributed by atoms with Gasteiger partial charge in [0.1, 0.15) is 22.8 Å². The number of carbonyl (C=O) groups excluding carboxylic acids is 3. The van der Waals surface area contributed by atoms with Gasteiger partial charge in [0, 0.05) is 18.3 Å². The average Bonchev–Trinajstić information content (AvgIpc) is 2.86. The highest BCUT2D eigenvalue weighted by Crippen LogP contribution is 2.55. The topological polar surface area (TPSA) is 216 Å². The Bertz CT molecular complexity index is 1550. The molecule has 0 fully saturated rings. The summed E-state index contributed by atoms with van der Waals surface area (Å²) in [4.78, 5) is 49.3. The minimum Gasteiger partial charge on any atom is -0.508 e. The Morgan fingerprint density at radius 2 is 1.66 bits per heavy atom. The maximum Gasteiger partial charge on any atom is 0.335 e. The number of aliphatic hydroxyl groups excluding tert-OH is 3. The fourth-order valence-corrected chi connectivity index (χ4v) is 5.59. The lowest BCUT2D eigenvalue weighted by Crippen LogP contribution is -2.59. The molecule has 0 radical (unpaired) electrons. The number of primary amides is 1. The molecule has 11 heteroatoms. The van der Waals surface area contributed by atoms with Gasteiger partial charge in [-0.25, -0.2) is 4.79 Å². The van der Waals surface area contributed by atoms with E-state index in [9.17, 15) is 49.8 Å². The van der Waals surface area contributed by atoms with E-state index in [-0.39, 0.29) is 22.3 Å². The zero-order chi connectivity index (χ0) is 27.7. The van der Waals surface area contributed by atoms with Crippen molar-refractivity contribution in [1.29, 1.82) is 0 Å². The lowest BCUT2D eigenvalue weighted by Gasteiger charge is -2.49. The predicted molar refractivity (Wildman–Crippen MR) is 130 cm³/mol. The van der Waals surface area contributed by atoms with Crippen LogP contribution in [-0.4, -0.2) is 65.8 Å². The Balaban J connectivity index is 1.81. The van der Waals surface area contributed by atoms with Gasteiger partial charge in [-0.1, -0.05) is 30.3 Å². The molecule has 3 aliphatic carbocycles. The number of aromatic hydroxyl groups is 1. The molecule has 0 aromatic heterocycles. The third kappa shape index (κ3) is 3.29. The van der Waals surface area contributed by atoms with Crippen LogP contribution in [0.1, 0.15) is 38.3 Å². The van der Waals surface area contributed by atoms with Crippen LogP contribution in [0.15, 0.2) is 65.1 Å². The molecule has 2 aromatic carbocycles. The monoisotopic (exact) mass is 519 g/mol. The number of benzene rings is 2. The molecule has 5 rings (SSSR count).